The van der Waals surface area contributed by atoms with Crippen LogP contribution < -0.4 is 5.32 Å². The number of carbonyl (C=O) groups is 2. The Hall–Kier alpha value is -1.59. The Kier molecular flexibility index (Phi) is 6.48. The van der Waals surface area contributed by atoms with Gasteiger partial charge in [0.15, 0.2) is 0 Å². The predicted molar refractivity (Wildman–Crippen MR) is 77.0 cm³/mol. The normalized spacial score (nSPS) is 11.1. The second-order valence-electron chi connectivity index (χ2n) is 3.65. The van der Waals surface area contributed by atoms with Gasteiger partial charge in [0.2, 0.25) is 5.78 Å². The van der Waals surface area contributed by atoms with E-state index in [4.69, 9.17) is 27.9 Å². The summed E-state index contributed by atoms with van der Waals surface area (Å²) in [5, 5.41) is 3.03. The van der Waals surface area contributed by atoms with Crippen molar-refractivity contribution in [1.82, 2.24) is 10.3 Å². The largest absolute Gasteiger partial charge is 0.462 e. The van der Waals surface area contributed by atoms with Gasteiger partial charge in [0.05, 0.1) is 11.6 Å². The summed E-state index contributed by atoms with van der Waals surface area (Å²) in [4.78, 5) is 27.9. The third kappa shape index (κ3) is 4.21. The van der Waals surface area contributed by atoms with Crippen LogP contribution in [0.1, 0.15) is 24.2 Å². The summed E-state index contributed by atoms with van der Waals surface area (Å²) in [6.45, 7) is 4.21. The van der Waals surface area contributed by atoms with Crippen LogP contribution in [0.4, 0.5) is 0 Å². The third-order valence-electron chi connectivity index (χ3n) is 2.26. The van der Waals surface area contributed by atoms with Gasteiger partial charge >= 0.3 is 5.97 Å². The number of halogens is 2. The van der Waals surface area contributed by atoms with E-state index in [0.717, 1.165) is 0 Å². The Labute approximate surface area is 126 Å². The molecule has 0 radical (unpaired) electrons. The van der Waals surface area contributed by atoms with Crippen LogP contribution in [0.3, 0.4) is 0 Å². The van der Waals surface area contributed by atoms with Crippen LogP contribution in [-0.4, -0.2) is 29.9 Å². The molecule has 0 aliphatic rings. The molecule has 0 atom stereocenters. The van der Waals surface area contributed by atoms with Gasteiger partial charge in [-0.15, -0.1) is 0 Å². The maximum atomic E-state index is 12.4. The molecule has 1 rings (SSSR count). The van der Waals surface area contributed by atoms with Crippen molar-refractivity contribution in [1.29, 1.82) is 0 Å². The van der Waals surface area contributed by atoms with E-state index in [0.29, 0.717) is 6.54 Å². The number of hydrogen-bond donors (Lipinski definition) is 1. The monoisotopic (exact) mass is 316 g/mol. The number of pyridine rings is 1. The van der Waals surface area contributed by atoms with Gasteiger partial charge in [0.25, 0.3) is 0 Å². The fourth-order valence-corrected chi connectivity index (χ4v) is 1.71. The van der Waals surface area contributed by atoms with Crippen LogP contribution in [-0.2, 0) is 9.53 Å². The van der Waals surface area contributed by atoms with Gasteiger partial charge in [-0.05, 0) is 19.9 Å². The Bertz CT molecular complexity index is 544. The van der Waals surface area contributed by atoms with Gasteiger partial charge in [-0.1, -0.05) is 23.2 Å². The molecule has 0 aliphatic heterocycles. The van der Waals surface area contributed by atoms with Crippen LogP contribution in [0.2, 0.25) is 10.2 Å². The van der Waals surface area contributed by atoms with Crippen molar-refractivity contribution in [2.24, 2.45) is 0 Å². The van der Waals surface area contributed by atoms with Crippen molar-refractivity contribution < 1.29 is 14.3 Å². The van der Waals surface area contributed by atoms with Crippen molar-refractivity contribution in [3.8, 4) is 0 Å². The molecule has 0 unspecified atom stereocenters. The molecule has 1 heterocycles. The van der Waals surface area contributed by atoms with Crippen molar-refractivity contribution in [2.75, 3.05) is 13.2 Å². The zero-order valence-electron chi connectivity index (χ0n) is 11.1. The molecule has 0 amide bonds. The molecule has 1 aromatic heterocycles. The summed E-state index contributed by atoms with van der Waals surface area (Å²) in [5.74, 6) is -1.29. The summed E-state index contributed by atoms with van der Waals surface area (Å²) < 4.78 is 4.85. The summed E-state index contributed by atoms with van der Waals surface area (Å²) in [7, 11) is 0. The van der Waals surface area contributed by atoms with Gasteiger partial charge in [-0.2, -0.15) is 0 Å². The number of carbonyl (C=O) groups excluding carboxylic acids is 2. The second-order valence-corrected chi connectivity index (χ2v) is 4.45. The standard InChI is InChI=1S/C13H14Cl2N2O3/c1-3-16-6-9(13(19)20-4-2)12(18)8-5-11(15)17-7-10(8)14/h5-7,16H,3-4H2,1-2H3/b9-6-. The Morgan fingerprint density at radius 2 is 2.10 bits per heavy atom. The minimum atomic E-state index is -0.720. The number of nitrogens with zero attached hydrogens (tertiary/aromatic N) is 1. The van der Waals surface area contributed by atoms with E-state index in [1.807, 2.05) is 6.92 Å². The van der Waals surface area contributed by atoms with Crippen LogP contribution >= 0.6 is 23.2 Å². The van der Waals surface area contributed by atoms with Crippen LogP contribution in [0.25, 0.3) is 0 Å². The maximum absolute atomic E-state index is 12.4. The number of esters is 1. The molecule has 1 N–H and O–H groups in total. The summed E-state index contributed by atoms with van der Waals surface area (Å²) in [5.41, 5.74) is -0.0401. The van der Waals surface area contributed by atoms with Gasteiger partial charge in [-0.25, -0.2) is 9.78 Å². The lowest BCUT2D eigenvalue weighted by Gasteiger charge is -2.08. The second kappa shape index (κ2) is 7.87. The Balaban J connectivity index is 3.16. The van der Waals surface area contributed by atoms with Gasteiger partial charge in [-0.3, -0.25) is 4.79 Å². The first-order valence-corrected chi connectivity index (χ1v) is 6.73. The molecular formula is C13H14Cl2N2O3. The van der Waals surface area contributed by atoms with Crippen molar-refractivity contribution in [3.63, 3.8) is 0 Å². The molecule has 1 aromatic rings. The molecule has 0 aliphatic carbocycles. The number of rotatable bonds is 6. The van der Waals surface area contributed by atoms with Crippen molar-refractivity contribution in [2.45, 2.75) is 13.8 Å². The van der Waals surface area contributed by atoms with E-state index in [1.54, 1.807) is 6.92 Å². The predicted octanol–water partition coefficient (Wildman–Crippen LogP) is 2.63. The molecule has 0 saturated carbocycles. The fourth-order valence-electron chi connectivity index (χ4n) is 1.36. The Morgan fingerprint density at radius 3 is 2.70 bits per heavy atom. The number of ether oxygens (including phenoxy) is 1. The van der Waals surface area contributed by atoms with E-state index in [2.05, 4.69) is 10.3 Å². The molecule has 0 saturated heterocycles. The lowest BCUT2D eigenvalue weighted by molar-refractivity contribution is -0.138. The van der Waals surface area contributed by atoms with Crippen molar-refractivity contribution >= 4 is 35.0 Å². The van der Waals surface area contributed by atoms with Crippen LogP contribution in [0.5, 0.6) is 0 Å². The van der Waals surface area contributed by atoms with E-state index < -0.39 is 11.8 Å². The van der Waals surface area contributed by atoms with E-state index in [-0.39, 0.29) is 27.9 Å². The summed E-state index contributed by atoms with van der Waals surface area (Å²) in [6.07, 6.45) is 2.57. The molecule has 0 fully saturated rings. The quantitative estimate of drug-likeness (QED) is 0.218. The fraction of sp³-hybridized carbons (Fsp3) is 0.308. The number of hydrogen-bond acceptors (Lipinski definition) is 5. The number of nitrogens with one attached hydrogen (secondary N) is 1. The van der Waals surface area contributed by atoms with Crippen LogP contribution in [0.15, 0.2) is 24.0 Å². The van der Waals surface area contributed by atoms with Gasteiger partial charge < -0.3 is 10.1 Å². The van der Waals surface area contributed by atoms with E-state index in [9.17, 15) is 9.59 Å². The highest BCUT2D eigenvalue weighted by Crippen LogP contribution is 2.21. The highest BCUT2D eigenvalue weighted by atomic mass is 35.5. The minimum Gasteiger partial charge on any atom is -0.462 e. The third-order valence-corrected chi connectivity index (χ3v) is 2.76. The lowest BCUT2D eigenvalue weighted by Crippen LogP contribution is -2.20. The first-order valence-electron chi connectivity index (χ1n) is 5.97. The number of Topliss-reactive ketones (excluding diaryl/α,β-unsaturated/α-hetero) is 1. The number of aromatic nitrogens is 1. The maximum Gasteiger partial charge on any atom is 0.343 e. The zero-order valence-corrected chi connectivity index (χ0v) is 12.6. The number of ketones is 1. The molecule has 0 bridgehead atoms. The highest BCUT2D eigenvalue weighted by molar-refractivity contribution is 6.38. The van der Waals surface area contributed by atoms with Crippen molar-refractivity contribution in [3.05, 3.63) is 39.8 Å². The van der Waals surface area contributed by atoms with E-state index >= 15 is 0 Å². The Morgan fingerprint density at radius 1 is 1.40 bits per heavy atom. The smallest absolute Gasteiger partial charge is 0.343 e. The molecule has 7 heteroatoms. The molecule has 108 valence electrons. The molecular weight excluding hydrogens is 303 g/mol. The van der Waals surface area contributed by atoms with Crippen LogP contribution in [0, 0.1) is 0 Å². The summed E-state index contributed by atoms with van der Waals surface area (Å²) >= 11 is 11.6. The van der Waals surface area contributed by atoms with Gasteiger partial charge in [0, 0.05) is 24.5 Å². The highest BCUT2D eigenvalue weighted by Gasteiger charge is 2.23. The first kappa shape index (κ1) is 16.5. The lowest BCUT2D eigenvalue weighted by atomic mass is 10.1. The van der Waals surface area contributed by atoms with E-state index in [1.165, 1.54) is 18.5 Å². The average molecular weight is 317 g/mol. The average Bonchev–Trinajstić information content (AvgIpc) is 2.42. The molecule has 5 nitrogen and oxygen atoms in total. The SMILES string of the molecule is CCN/C=C(\C(=O)OCC)C(=O)c1cc(Cl)ncc1Cl. The molecule has 0 aromatic carbocycles. The van der Waals surface area contributed by atoms with Gasteiger partial charge in [0.1, 0.15) is 10.7 Å². The first-order chi connectivity index (χ1) is 9.51. The molecule has 0 spiro atoms. The zero-order chi connectivity index (χ0) is 15.1. The topological polar surface area (TPSA) is 68.3 Å². The minimum absolute atomic E-state index is 0.101. The molecule has 20 heavy (non-hydrogen) atoms. The summed E-state index contributed by atoms with van der Waals surface area (Å²) in [6, 6.07) is 1.31.